The lowest BCUT2D eigenvalue weighted by atomic mass is 10.2. The SMILES string of the molecule is O=C(NCCCOCCO)c1ccc(Br)c([N+](=O)[O-])c1. The van der Waals surface area contributed by atoms with Crippen LogP contribution in [-0.2, 0) is 4.74 Å². The highest BCUT2D eigenvalue weighted by molar-refractivity contribution is 9.10. The molecule has 1 rings (SSSR count). The van der Waals surface area contributed by atoms with E-state index >= 15 is 0 Å². The van der Waals surface area contributed by atoms with E-state index in [0.717, 1.165) is 0 Å². The average Bonchev–Trinajstić information content (AvgIpc) is 2.42. The molecule has 2 N–H and O–H groups in total. The fourth-order valence-corrected chi connectivity index (χ4v) is 1.83. The van der Waals surface area contributed by atoms with Gasteiger partial charge >= 0.3 is 0 Å². The second-order valence-corrected chi connectivity index (χ2v) is 4.72. The topological polar surface area (TPSA) is 102 Å². The number of carbonyl (C=O) groups excluding carboxylic acids is 1. The van der Waals surface area contributed by atoms with E-state index < -0.39 is 4.92 Å². The van der Waals surface area contributed by atoms with Gasteiger partial charge in [0.1, 0.15) is 0 Å². The molecular formula is C12H15BrN2O5. The van der Waals surface area contributed by atoms with Gasteiger partial charge in [0, 0.05) is 24.8 Å². The van der Waals surface area contributed by atoms with Gasteiger partial charge in [0.05, 0.1) is 22.6 Å². The van der Waals surface area contributed by atoms with Crippen LogP contribution in [-0.4, -0.2) is 42.3 Å². The van der Waals surface area contributed by atoms with E-state index in [0.29, 0.717) is 24.0 Å². The first-order chi connectivity index (χ1) is 9.56. The van der Waals surface area contributed by atoms with Crippen molar-refractivity contribution < 1.29 is 19.6 Å². The summed E-state index contributed by atoms with van der Waals surface area (Å²) in [5, 5.41) is 21.9. The molecule has 0 fully saturated rings. The lowest BCUT2D eigenvalue weighted by molar-refractivity contribution is -0.385. The molecule has 0 radical (unpaired) electrons. The molecule has 0 aliphatic heterocycles. The zero-order valence-electron chi connectivity index (χ0n) is 10.7. The molecule has 20 heavy (non-hydrogen) atoms. The van der Waals surface area contributed by atoms with Gasteiger partial charge in [-0.05, 0) is 34.5 Å². The Morgan fingerprint density at radius 2 is 2.20 bits per heavy atom. The molecule has 0 aliphatic rings. The number of aliphatic hydroxyl groups is 1. The van der Waals surface area contributed by atoms with Crippen LogP contribution in [0.1, 0.15) is 16.8 Å². The molecule has 0 saturated heterocycles. The first-order valence-electron chi connectivity index (χ1n) is 5.97. The normalized spacial score (nSPS) is 10.3. The van der Waals surface area contributed by atoms with E-state index in [1.54, 1.807) is 0 Å². The predicted octanol–water partition coefficient (Wildman–Crippen LogP) is 1.49. The van der Waals surface area contributed by atoms with Crippen LogP contribution in [0.3, 0.4) is 0 Å². The molecule has 0 aromatic heterocycles. The fraction of sp³-hybridized carbons (Fsp3) is 0.417. The van der Waals surface area contributed by atoms with Crippen molar-refractivity contribution in [1.29, 1.82) is 0 Å². The first kappa shape index (κ1) is 16.5. The molecule has 1 aromatic carbocycles. The van der Waals surface area contributed by atoms with Gasteiger partial charge in [0.25, 0.3) is 11.6 Å². The highest BCUT2D eigenvalue weighted by Crippen LogP contribution is 2.25. The molecule has 0 unspecified atom stereocenters. The largest absolute Gasteiger partial charge is 0.394 e. The summed E-state index contributed by atoms with van der Waals surface area (Å²) in [5.41, 5.74) is 0.0834. The minimum atomic E-state index is -0.552. The molecular weight excluding hydrogens is 332 g/mol. The maximum absolute atomic E-state index is 11.8. The average molecular weight is 347 g/mol. The number of ether oxygens (including phenoxy) is 1. The lowest BCUT2D eigenvalue weighted by Gasteiger charge is -2.06. The molecule has 0 spiro atoms. The van der Waals surface area contributed by atoms with Gasteiger partial charge in [0.2, 0.25) is 0 Å². The van der Waals surface area contributed by atoms with Gasteiger partial charge in [-0.25, -0.2) is 0 Å². The second kappa shape index (κ2) is 8.62. The van der Waals surface area contributed by atoms with E-state index in [9.17, 15) is 14.9 Å². The highest BCUT2D eigenvalue weighted by Gasteiger charge is 2.15. The van der Waals surface area contributed by atoms with Gasteiger partial charge < -0.3 is 15.2 Å². The minimum Gasteiger partial charge on any atom is -0.394 e. The van der Waals surface area contributed by atoms with Crippen molar-refractivity contribution in [1.82, 2.24) is 5.32 Å². The molecule has 1 amide bonds. The predicted molar refractivity (Wildman–Crippen MR) is 75.7 cm³/mol. The fourth-order valence-electron chi connectivity index (χ4n) is 1.44. The Labute approximate surface area is 124 Å². The Morgan fingerprint density at radius 1 is 1.45 bits per heavy atom. The zero-order valence-corrected chi connectivity index (χ0v) is 12.3. The van der Waals surface area contributed by atoms with Crippen molar-refractivity contribution in [3.8, 4) is 0 Å². The smallest absolute Gasteiger partial charge is 0.284 e. The number of halogens is 1. The van der Waals surface area contributed by atoms with Crippen LogP contribution in [0.2, 0.25) is 0 Å². The minimum absolute atomic E-state index is 0.0328. The van der Waals surface area contributed by atoms with Crippen molar-refractivity contribution in [2.24, 2.45) is 0 Å². The number of nitrogens with zero attached hydrogens (tertiary/aromatic N) is 1. The number of amides is 1. The summed E-state index contributed by atoms with van der Waals surface area (Å²) >= 11 is 3.06. The Hall–Kier alpha value is -1.51. The lowest BCUT2D eigenvalue weighted by Crippen LogP contribution is -2.25. The van der Waals surface area contributed by atoms with Crippen LogP contribution in [0.15, 0.2) is 22.7 Å². The van der Waals surface area contributed by atoms with Crippen molar-refractivity contribution in [3.63, 3.8) is 0 Å². The number of nitro groups is 1. The third kappa shape index (κ3) is 5.24. The van der Waals surface area contributed by atoms with Crippen LogP contribution in [0.25, 0.3) is 0 Å². The molecule has 0 saturated carbocycles. The molecule has 8 heteroatoms. The molecule has 110 valence electrons. The number of hydrogen-bond acceptors (Lipinski definition) is 5. The molecule has 0 aliphatic carbocycles. The van der Waals surface area contributed by atoms with Crippen LogP contribution < -0.4 is 5.32 Å². The number of aliphatic hydroxyl groups excluding tert-OH is 1. The summed E-state index contributed by atoms with van der Waals surface area (Å²) in [6, 6.07) is 4.20. The van der Waals surface area contributed by atoms with Gasteiger partial charge in [-0.15, -0.1) is 0 Å². The Kier molecular flexibility index (Phi) is 7.13. The van der Waals surface area contributed by atoms with Crippen molar-refractivity contribution >= 4 is 27.5 Å². The molecule has 0 bridgehead atoms. The first-order valence-corrected chi connectivity index (χ1v) is 6.76. The van der Waals surface area contributed by atoms with Gasteiger partial charge in [-0.1, -0.05) is 0 Å². The monoisotopic (exact) mass is 346 g/mol. The molecule has 0 atom stereocenters. The maximum atomic E-state index is 11.8. The molecule has 7 nitrogen and oxygen atoms in total. The number of benzene rings is 1. The van der Waals surface area contributed by atoms with Crippen LogP contribution in [0.4, 0.5) is 5.69 Å². The van der Waals surface area contributed by atoms with Crippen molar-refractivity contribution in [2.75, 3.05) is 26.4 Å². The van der Waals surface area contributed by atoms with E-state index in [1.807, 2.05) is 0 Å². The van der Waals surface area contributed by atoms with E-state index in [4.69, 9.17) is 9.84 Å². The maximum Gasteiger partial charge on any atom is 0.284 e. The highest BCUT2D eigenvalue weighted by atomic mass is 79.9. The Bertz CT molecular complexity index is 481. The van der Waals surface area contributed by atoms with E-state index in [-0.39, 0.29) is 30.4 Å². The zero-order chi connectivity index (χ0) is 15.0. The van der Waals surface area contributed by atoms with E-state index in [2.05, 4.69) is 21.2 Å². The van der Waals surface area contributed by atoms with Crippen LogP contribution >= 0.6 is 15.9 Å². The number of nitrogens with one attached hydrogen (secondary N) is 1. The number of rotatable bonds is 8. The summed E-state index contributed by atoms with van der Waals surface area (Å²) < 4.78 is 5.37. The quantitative estimate of drug-likeness (QED) is 0.421. The number of hydrogen-bond donors (Lipinski definition) is 2. The van der Waals surface area contributed by atoms with Crippen LogP contribution in [0.5, 0.6) is 0 Å². The van der Waals surface area contributed by atoms with Crippen molar-refractivity contribution in [2.45, 2.75) is 6.42 Å². The van der Waals surface area contributed by atoms with Gasteiger partial charge in [-0.2, -0.15) is 0 Å². The van der Waals surface area contributed by atoms with E-state index in [1.165, 1.54) is 18.2 Å². The number of carbonyl (C=O) groups is 1. The third-order valence-electron chi connectivity index (χ3n) is 2.39. The molecule has 0 heterocycles. The standard InChI is InChI=1S/C12H15BrN2O5/c13-10-3-2-9(8-11(10)15(18)19)12(17)14-4-1-6-20-7-5-16/h2-3,8,16H,1,4-7H2,(H,14,17). The summed E-state index contributed by atoms with van der Waals surface area (Å²) in [4.78, 5) is 22.0. The third-order valence-corrected chi connectivity index (χ3v) is 3.06. The Balaban J connectivity index is 2.47. The summed E-state index contributed by atoms with van der Waals surface area (Å²) in [6.07, 6.45) is 0.602. The summed E-state index contributed by atoms with van der Waals surface area (Å²) in [5.74, 6) is -0.372. The van der Waals surface area contributed by atoms with Crippen molar-refractivity contribution in [3.05, 3.63) is 38.3 Å². The summed E-state index contributed by atoms with van der Waals surface area (Å²) in [6.45, 7) is 1.07. The second-order valence-electron chi connectivity index (χ2n) is 3.87. The van der Waals surface area contributed by atoms with Gasteiger partial charge in [0.15, 0.2) is 0 Å². The van der Waals surface area contributed by atoms with Gasteiger partial charge in [-0.3, -0.25) is 14.9 Å². The molecule has 1 aromatic rings. The number of nitro benzene ring substituents is 1. The Morgan fingerprint density at radius 3 is 2.85 bits per heavy atom. The van der Waals surface area contributed by atoms with Crippen LogP contribution in [0, 0.1) is 10.1 Å². The summed E-state index contributed by atoms with van der Waals surface area (Å²) in [7, 11) is 0.